The topological polar surface area (TPSA) is 141 Å². The molecule has 1 aromatic heterocycles. The Morgan fingerprint density at radius 2 is 1.57 bits per heavy atom. The Morgan fingerprint density at radius 3 is 2.19 bits per heavy atom. The molecule has 5 N–H and O–H groups in total. The molecule has 3 rings (SSSR count). The number of aromatic nitrogens is 1. The van der Waals surface area contributed by atoms with E-state index in [9.17, 15) is 33.4 Å². The number of thioether (sulfide) groups is 1. The highest BCUT2D eigenvalue weighted by Crippen LogP contribution is 2.23. The van der Waals surface area contributed by atoms with Crippen molar-refractivity contribution in [3.05, 3.63) is 101 Å². The van der Waals surface area contributed by atoms with Gasteiger partial charge in [0.1, 0.15) is 23.8 Å². The van der Waals surface area contributed by atoms with Crippen LogP contribution in [0.2, 0.25) is 0 Å². The molecule has 2 aromatic carbocycles. The molecule has 0 aliphatic rings. The van der Waals surface area contributed by atoms with Crippen LogP contribution < -0.4 is 16.0 Å². The maximum Gasteiger partial charge on any atom is 0.253 e. The van der Waals surface area contributed by atoms with Gasteiger partial charge in [-0.15, -0.1) is 0 Å². The van der Waals surface area contributed by atoms with E-state index in [2.05, 4.69) is 34.8 Å². The van der Waals surface area contributed by atoms with Crippen molar-refractivity contribution in [1.82, 2.24) is 20.9 Å². The number of carbonyl (C=O) groups excluding carboxylic acids is 3. The fourth-order valence-corrected chi connectivity index (χ4v) is 6.58. The maximum absolute atomic E-state index is 14.1. The first-order chi connectivity index (χ1) is 22.6. The van der Waals surface area contributed by atoms with Crippen molar-refractivity contribution in [2.75, 3.05) is 5.75 Å². The normalized spacial score (nSPS) is 13.8. The molecule has 1 unspecified atom stereocenters. The molecule has 0 aliphatic heterocycles. The van der Waals surface area contributed by atoms with E-state index in [-0.39, 0.29) is 35.1 Å². The number of nitrogens with zero attached hydrogens (tertiary/aromatic N) is 1. The Morgan fingerprint density at radius 1 is 0.894 bits per heavy atom. The molecule has 1 heterocycles. The van der Waals surface area contributed by atoms with Crippen LogP contribution in [-0.4, -0.2) is 68.2 Å². The number of benzene rings is 2. The van der Waals surface area contributed by atoms with Crippen LogP contribution >= 0.6 is 11.8 Å². The summed E-state index contributed by atoms with van der Waals surface area (Å²) in [5, 5.41) is 30.5. The van der Waals surface area contributed by atoms with Gasteiger partial charge in [0, 0.05) is 36.0 Å². The number of carbonyl (C=O) groups is 3. The van der Waals surface area contributed by atoms with E-state index in [0.717, 1.165) is 43.4 Å². The Kier molecular flexibility index (Phi) is 15.8. The minimum absolute atomic E-state index is 0.115. The molecule has 0 spiro atoms. The molecular formula is C35H44F2N4O5S. The van der Waals surface area contributed by atoms with Gasteiger partial charge in [-0.25, -0.2) is 8.78 Å². The van der Waals surface area contributed by atoms with Crippen molar-refractivity contribution >= 4 is 29.5 Å². The lowest BCUT2D eigenvalue weighted by molar-refractivity contribution is -0.127. The van der Waals surface area contributed by atoms with Gasteiger partial charge in [-0.3, -0.25) is 19.4 Å². The number of pyridine rings is 1. The van der Waals surface area contributed by atoms with Crippen LogP contribution in [0.4, 0.5) is 8.78 Å². The van der Waals surface area contributed by atoms with Crippen molar-refractivity contribution in [1.29, 1.82) is 0 Å². The zero-order valence-corrected chi connectivity index (χ0v) is 27.5. The quantitative estimate of drug-likeness (QED) is 0.128. The number of nitrogens with one attached hydrogen (secondary N) is 3. The van der Waals surface area contributed by atoms with Crippen molar-refractivity contribution < 1.29 is 33.4 Å². The van der Waals surface area contributed by atoms with Crippen LogP contribution in [0.5, 0.6) is 0 Å². The van der Waals surface area contributed by atoms with E-state index in [1.54, 1.807) is 23.9 Å². The lowest BCUT2D eigenvalue weighted by Crippen LogP contribution is -2.56. The van der Waals surface area contributed by atoms with E-state index in [4.69, 9.17) is 0 Å². The van der Waals surface area contributed by atoms with Gasteiger partial charge in [-0.05, 0) is 54.7 Å². The molecule has 4 atom stereocenters. The second-order valence-corrected chi connectivity index (χ2v) is 12.8. The first kappa shape index (κ1) is 37.6. The molecule has 47 heavy (non-hydrogen) atoms. The van der Waals surface area contributed by atoms with Crippen molar-refractivity contribution in [2.45, 2.75) is 88.5 Å². The second-order valence-electron chi connectivity index (χ2n) is 11.4. The standard InChI is InChI=1S/C35H44F2N4O5S/c1-3-9-28(10-4-2)47-22-30(41-34(45)25-13-8-14-38-21-25)35(46)40-29(17-24-15-26(36)18-27(37)16-24)33(44)31(42)19-32(43)39-20-23-11-6-5-7-12-23/h5-8,11-16,18,21,28-31,33,42,44H,3-4,9-10,17,19-20,22H2,1-2H3,(H,39,43)(H,40,46)(H,41,45)/t29-,30?,31+,33+/m0/s1. The summed E-state index contributed by atoms with van der Waals surface area (Å²) >= 11 is 1.55. The monoisotopic (exact) mass is 670 g/mol. The number of aliphatic hydroxyl groups is 2. The van der Waals surface area contributed by atoms with Gasteiger partial charge in [-0.2, -0.15) is 11.8 Å². The fraction of sp³-hybridized carbons (Fsp3) is 0.429. The smallest absolute Gasteiger partial charge is 0.253 e. The molecule has 0 saturated carbocycles. The molecular weight excluding hydrogens is 626 g/mol. The molecule has 9 nitrogen and oxygen atoms in total. The van der Waals surface area contributed by atoms with Gasteiger partial charge in [0.25, 0.3) is 5.91 Å². The Balaban J connectivity index is 1.81. The molecule has 0 radical (unpaired) electrons. The fourth-order valence-electron chi connectivity index (χ4n) is 5.08. The molecule has 3 amide bonds. The summed E-state index contributed by atoms with van der Waals surface area (Å²) in [6.45, 7) is 4.36. The SMILES string of the molecule is CCCC(CCC)SCC(NC(=O)c1cccnc1)C(=O)N[C@@H](Cc1cc(F)cc(F)c1)[C@@H](O)[C@H](O)CC(=O)NCc1ccccc1. The van der Waals surface area contributed by atoms with Crippen molar-refractivity contribution in [3.63, 3.8) is 0 Å². The van der Waals surface area contributed by atoms with Gasteiger partial charge in [0.05, 0.1) is 24.1 Å². The van der Waals surface area contributed by atoms with E-state index in [1.165, 1.54) is 12.4 Å². The zero-order chi connectivity index (χ0) is 34.2. The molecule has 0 saturated heterocycles. The Labute approximate surface area is 279 Å². The minimum Gasteiger partial charge on any atom is -0.390 e. The highest BCUT2D eigenvalue weighted by atomic mass is 32.2. The first-order valence-electron chi connectivity index (χ1n) is 15.8. The summed E-state index contributed by atoms with van der Waals surface area (Å²) in [7, 11) is 0. The predicted molar refractivity (Wildman–Crippen MR) is 178 cm³/mol. The van der Waals surface area contributed by atoms with E-state index in [1.807, 2.05) is 30.3 Å². The van der Waals surface area contributed by atoms with Crippen LogP contribution in [0.25, 0.3) is 0 Å². The lowest BCUT2D eigenvalue weighted by Gasteiger charge is -2.30. The van der Waals surface area contributed by atoms with Crippen LogP contribution in [0, 0.1) is 11.6 Å². The second kappa shape index (κ2) is 19.7. The lowest BCUT2D eigenvalue weighted by atomic mass is 9.95. The predicted octanol–water partition coefficient (Wildman–Crippen LogP) is 4.32. The van der Waals surface area contributed by atoms with Gasteiger partial charge >= 0.3 is 0 Å². The summed E-state index contributed by atoms with van der Waals surface area (Å²) in [6.07, 6.45) is 2.54. The number of aliphatic hydroxyl groups excluding tert-OH is 2. The van der Waals surface area contributed by atoms with E-state index < -0.39 is 60.1 Å². The Hall–Kier alpha value is -3.87. The highest BCUT2D eigenvalue weighted by molar-refractivity contribution is 7.99. The summed E-state index contributed by atoms with van der Waals surface area (Å²) in [6, 6.07) is 12.8. The minimum atomic E-state index is -1.71. The van der Waals surface area contributed by atoms with Crippen LogP contribution in [0.1, 0.15) is 67.4 Å². The number of amides is 3. The summed E-state index contributed by atoms with van der Waals surface area (Å²) in [5.41, 5.74) is 1.20. The van der Waals surface area contributed by atoms with E-state index in [0.29, 0.717) is 6.07 Å². The van der Waals surface area contributed by atoms with E-state index >= 15 is 0 Å². The number of rotatable bonds is 19. The molecule has 0 fully saturated rings. The molecule has 12 heteroatoms. The summed E-state index contributed by atoms with van der Waals surface area (Å²) in [5.74, 6) is -3.22. The number of hydrogen-bond donors (Lipinski definition) is 5. The summed E-state index contributed by atoms with van der Waals surface area (Å²) < 4.78 is 28.2. The zero-order valence-electron chi connectivity index (χ0n) is 26.7. The molecule has 254 valence electrons. The van der Waals surface area contributed by atoms with Crippen molar-refractivity contribution in [2.24, 2.45) is 0 Å². The third-order valence-electron chi connectivity index (χ3n) is 7.50. The van der Waals surface area contributed by atoms with Crippen LogP contribution in [0.15, 0.2) is 73.1 Å². The van der Waals surface area contributed by atoms with Crippen LogP contribution in [-0.2, 0) is 22.6 Å². The van der Waals surface area contributed by atoms with Gasteiger partial charge in [0.15, 0.2) is 0 Å². The largest absolute Gasteiger partial charge is 0.390 e. The average Bonchev–Trinajstić information content (AvgIpc) is 3.05. The highest BCUT2D eigenvalue weighted by Gasteiger charge is 2.32. The van der Waals surface area contributed by atoms with Gasteiger partial charge in [0.2, 0.25) is 11.8 Å². The van der Waals surface area contributed by atoms with Gasteiger partial charge in [-0.1, -0.05) is 57.0 Å². The third kappa shape index (κ3) is 13.0. The van der Waals surface area contributed by atoms with Crippen molar-refractivity contribution in [3.8, 4) is 0 Å². The third-order valence-corrected chi connectivity index (χ3v) is 8.97. The molecule has 0 aliphatic carbocycles. The summed E-state index contributed by atoms with van der Waals surface area (Å²) in [4.78, 5) is 43.5. The number of hydrogen-bond acceptors (Lipinski definition) is 7. The van der Waals surface area contributed by atoms with Crippen LogP contribution in [0.3, 0.4) is 0 Å². The molecule has 0 bridgehead atoms. The Bertz CT molecular complexity index is 1390. The maximum atomic E-state index is 14.1. The first-order valence-corrected chi connectivity index (χ1v) is 16.9. The number of halogens is 2. The average molecular weight is 671 g/mol. The van der Waals surface area contributed by atoms with Gasteiger partial charge < -0.3 is 26.2 Å². The molecule has 3 aromatic rings.